The van der Waals surface area contributed by atoms with Crippen LogP contribution in [0.25, 0.3) is 0 Å². The lowest BCUT2D eigenvalue weighted by molar-refractivity contribution is -0.122. The summed E-state index contributed by atoms with van der Waals surface area (Å²) in [5.74, 6) is 0.0942. The van der Waals surface area contributed by atoms with Crippen molar-refractivity contribution in [2.45, 2.75) is 18.4 Å². The number of nitrogens with one attached hydrogen (secondary N) is 1. The zero-order valence-corrected chi connectivity index (χ0v) is 17.5. The van der Waals surface area contributed by atoms with Gasteiger partial charge >= 0.3 is 0 Å². The van der Waals surface area contributed by atoms with E-state index in [1.165, 1.54) is 0 Å². The molecule has 2 atom stereocenters. The summed E-state index contributed by atoms with van der Waals surface area (Å²) in [7, 11) is 0. The lowest BCUT2D eigenvalue weighted by atomic mass is 9.76. The van der Waals surface area contributed by atoms with Crippen molar-refractivity contribution < 1.29 is 4.79 Å². The molecule has 1 N–H and O–H groups in total. The minimum atomic E-state index is -0.575. The Balaban J connectivity index is 1.76. The summed E-state index contributed by atoms with van der Waals surface area (Å²) >= 11 is 0. The fourth-order valence-corrected chi connectivity index (χ4v) is 4.79. The van der Waals surface area contributed by atoms with Crippen molar-refractivity contribution in [3.05, 3.63) is 126 Å². The van der Waals surface area contributed by atoms with Gasteiger partial charge in [-0.3, -0.25) is 4.79 Å². The smallest absolute Gasteiger partial charge is 0.223 e. The molecular weight excluding hydrogens is 382 g/mol. The molecule has 1 aliphatic rings. The summed E-state index contributed by atoms with van der Waals surface area (Å²) in [6, 6.07) is 31.6. The Hall–Kier alpha value is -3.66. The van der Waals surface area contributed by atoms with Crippen molar-refractivity contribution in [2.75, 3.05) is 6.54 Å². The first-order valence-electron chi connectivity index (χ1n) is 10.7. The average Bonchev–Trinajstić information content (AvgIpc) is 3.44. The number of hydrogen-bond acceptors (Lipinski definition) is 2. The molecule has 4 aromatic rings. The normalized spacial score (nSPS) is 18.7. The van der Waals surface area contributed by atoms with Gasteiger partial charge in [-0.2, -0.15) is 0 Å². The second-order valence-corrected chi connectivity index (χ2v) is 8.15. The lowest BCUT2D eigenvalue weighted by Crippen LogP contribution is -2.37. The molecule has 1 aliphatic heterocycles. The molecule has 0 radical (unpaired) electrons. The molecule has 4 heteroatoms. The van der Waals surface area contributed by atoms with Gasteiger partial charge in [-0.25, -0.2) is 4.98 Å². The largest absolute Gasteiger partial charge is 0.355 e. The van der Waals surface area contributed by atoms with Crippen LogP contribution in [0.2, 0.25) is 0 Å². The van der Waals surface area contributed by atoms with Gasteiger partial charge in [-0.1, -0.05) is 97.9 Å². The first-order chi connectivity index (χ1) is 15.2. The highest BCUT2D eigenvalue weighted by Crippen LogP contribution is 2.41. The van der Waals surface area contributed by atoms with Crippen molar-refractivity contribution in [1.29, 1.82) is 0 Å². The highest BCUT2D eigenvalue weighted by atomic mass is 16.2. The van der Waals surface area contributed by atoms with E-state index in [4.69, 9.17) is 4.98 Å². The van der Waals surface area contributed by atoms with E-state index in [-0.39, 0.29) is 17.7 Å². The second kappa shape index (κ2) is 7.88. The van der Waals surface area contributed by atoms with Crippen molar-refractivity contribution in [2.24, 2.45) is 5.92 Å². The topological polar surface area (TPSA) is 46.9 Å². The first kappa shape index (κ1) is 19.3. The van der Waals surface area contributed by atoms with Crippen molar-refractivity contribution >= 4 is 5.91 Å². The zero-order chi connectivity index (χ0) is 21.3. The predicted molar refractivity (Wildman–Crippen MR) is 122 cm³/mol. The SMILES string of the molecule is C[C@H]1C(=O)NC[C@@H]1c1cn(C(c2ccccc2)(c2ccccc2)c2ccccc2)cn1. The van der Waals surface area contributed by atoms with Crippen LogP contribution in [-0.2, 0) is 10.3 Å². The number of benzene rings is 3. The van der Waals surface area contributed by atoms with E-state index in [2.05, 4.69) is 88.9 Å². The number of carbonyl (C=O) groups excluding carboxylic acids is 1. The quantitative estimate of drug-likeness (QED) is 0.493. The number of nitrogens with zero attached hydrogens (tertiary/aromatic N) is 2. The minimum Gasteiger partial charge on any atom is -0.355 e. The third-order valence-electron chi connectivity index (χ3n) is 6.46. The third kappa shape index (κ3) is 3.15. The minimum absolute atomic E-state index is 0.0776. The van der Waals surface area contributed by atoms with E-state index in [9.17, 15) is 4.79 Å². The van der Waals surface area contributed by atoms with E-state index in [0.717, 1.165) is 22.4 Å². The van der Waals surface area contributed by atoms with Gasteiger partial charge < -0.3 is 9.88 Å². The molecule has 2 heterocycles. The van der Waals surface area contributed by atoms with Crippen molar-refractivity contribution in [1.82, 2.24) is 14.9 Å². The Bertz CT molecular complexity index is 1070. The summed E-state index contributed by atoms with van der Waals surface area (Å²) in [5, 5.41) is 2.97. The van der Waals surface area contributed by atoms with Gasteiger partial charge in [0.15, 0.2) is 0 Å². The van der Waals surface area contributed by atoms with Crippen LogP contribution >= 0.6 is 0 Å². The number of aromatic nitrogens is 2. The Morgan fingerprint density at radius 1 is 0.839 bits per heavy atom. The molecule has 0 saturated carbocycles. The van der Waals surface area contributed by atoms with Gasteiger partial charge in [0.1, 0.15) is 5.54 Å². The lowest BCUT2D eigenvalue weighted by Gasteiger charge is -2.37. The van der Waals surface area contributed by atoms with Crippen molar-refractivity contribution in [3.63, 3.8) is 0 Å². The van der Waals surface area contributed by atoms with Gasteiger partial charge in [0.05, 0.1) is 12.0 Å². The van der Waals surface area contributed by atoms with Crippen LogP contribution < -0.4 is 5.32 Å². The molecule has 3 aromatic carbocycles. The van der Waals surface area contributed by atoms with Gasteiger partial charge in [0.25, 0.3) is 0 Å². The fourth-order valence-electron chi connectivity index (χ4n) is 4.79. The molecule has 1 amide bonds. The van der Waals surface area contributed by atoms with Gasteiger partial charge in [-0.05, 0) is 16.7 Å². The Morgan fingerprint density at radius 3 is 1.74 bits per heavy atom. The second-order valence-electron chi connectivity index (χ2n) is 8.15. The van der Waals surface area contributed by atoms with E-state index in [1.807, 2.05) is 31.5 Å². The molecule has 0 bridgehead atoms. The molecule has 5 rings (SSSR count). The van der Waals surface area contributed by atoms with Gasteiger partial charge in [0.2, 0.25) is 5.91 Å². The summed E-state index contributed by atoms with van der Waals surface area (Å²) in [4.78, 5) is 16.9. The third-order valence-corrected chi connectivity index (χ3v) is 6.46. The molecule has 1 fully saturated rings. The average molecular weight is 408 g/mol. The summed E-state index contributed by atoms with van der Waals surface area (Å²) in [6.07, 6.45) is 4.03. The van der Waals surface area contributed by atoms with Crippen LogP contribution in [0.1, 0.15) is 35.2 Å². The highest BCUT2D eigenvalue weighted by molar-refractivity contribution is 5.81. The number of amides is 1. The Morgan fingerprint density at radius 2 is 1.32 bits per heavy atom. The molecule has 1 aromatic heterocycles. The predicted octanol–water partition coefficient (Wildman–Crippen LogP) is 4.57. The summed E-state index contributed by atoms with van der Waals surface area (Å²) in [5.41, 5.74) is 3.84. The maximum atomic E-state index is 12.1. The van der Waals surface area contributed by atoms with Crippen LogP contribution in [-0.4, -0.2) is 22.0 Å². The number of carbonyl (C=O) groups is 1. The number of hydrogen-bond donors (Lipinski definition) is 1. The van der Waals surface area contributed by atoms with Crippen LogP contribution in [0.3, 0.4) is 0 Å². The van der Waals surface area contributed by atoms with Crippen LogP contribution in [0, 0.1) is 5.92 Å². The first-order valence-corrected chi connectivity index (χ1v) is 10.7. The van der Waals surface area contributed by atoms with Crippen LogP contribution in [0.15, 0.2) is 104 Å². The van der Waals surface area contributed by atoms with E-state index in [1.54, 1.807) is 0 Å². The number of imidazole rings is 1. The maximum absolute atomic E-state index is 12.1. The molecular formula is C27H25N3O. The van der Waals surface area contributed by atoms with Gasteiger partial charge in [-0.15, -0.1) is 0 Å². The van der Waals surface area contributed by atoms with E-state index in [0.29, 0.717) is 6.54 Å². The Kier molecular flexibility index (Phi) is 4.91. The summed E-state index contributed by atoms with van der Waals surface area (Å²) < 4.78 is 2.21. The van der Waals surface area contributed by atoms with E-state index >= 15 is 0 Å². The molecule has 154 valence electrons. The van der Waals surface area contributed by atoms with Crippen molar-refractivity contribution in [3.8, 4) is 0 Å². The van der Waals surface area contributed by atoms with Crippen LogP contribution in [0.4, 0.5) is 0 Å². The Labute approximate surface area is 182 Å². The summed E-state index contributed by atoms with van der Waals surface area (Å²) in [6.45, 7) is 2.61. The van der Waals surface area contributed by atoms with E-state index < -0.39 is 5.54 Å². The molecule has 0 spiro atoms. The highest BCUT2D eigenvalue weighted by Gasteiger charge is 2.40. The molecule has 0 unspecified atom stereocenters. The number of rotatable bonds is 5. The molecule has 31 heavy (non-hydrogen) atoms. The fraction of sp³-hybridized carbons (Fsp3) is 0.185. The van der Waals surface area contributed by atoms with Gasteiger partial charge in [0, 0.05) is 24.6 Å². The molecule has 0 aliphatic carbocycles. The van der Waals surface area contributed by atoms with Crippen LogP contribution in [0.5, 0.6) is 0 Å². The monoisotopic (exact) mass is 407 g/mol. The standard InChI is InChI=1S/C27H25N3O/c1-20-24(17-28-26(20)31)25-18-30(19-29-25)27(21-11-5-2-6-12-21,22-13-7-3-8-14-22)23-15-9-4-10-16-23/h2-16,18-20,24H,17H2,1H3,(H,28,31)/t20-,24+/m1/s1. The molecule has 1 saturated heterocycles. The molecule has 4 nitrogen and oxygen atoms in total. The zero-order valence-electron chi connectivity index (χ0n) is 17.5. The maximum Gasteiger partial charge on any atom is 0.223 e.